The third-order valence-corrected chi connectivity index (χ3v) is 2.21. The maximum atomic E-state index is 13.1. The van der Waals surface area contributed by atoms with Gasteiger partial charge in [0.2, 0.25) is 5.67 Å². The second-order valence-corrected chi connectivity index (χ2v) is 3.29. The molecule has 0 heterocycles. The van der Waals surface area contributed by atoms with Gasteiger partial charge in [-0.25, -0.2) is 17.6 Å². The Labute approximate surface area is 75.1 Å². The van der Waals surface area contributed by atoms with E-state index in [1.165, 1.54) is 12.2 Å². The second-order valence-electron chi connectivity index (χ2n) is 2.43. The summed E-state index contributed by atoms with van der Waals surface area (Å²) in [5, 5.41) is 0. The van der Waals surface area contributed by atoms with Crippen LogP contribution in [0, 0.1) is 0 Å². The van der Waals surface area contributed by atoms with Crippen molar-refractivity contribution in [2.24, 2.45) is 0 Å². The molecule has 0 aromatic rings. The molecule has 0 aromatic heterocycles. The highest BCUT2D eigenvalue weighted by atomic mass is 79.9. The summed E-state index contributed by atoms with van der Waals surface area (Å²) in [4.78, 5) is 0. The van der Waals surface area contributed by atoms with Gasteiger partial charge in [-0.3, -0.25) is 0 Å². The third kappa shape index (κ3) is 1.42. The van der Waals surface area contributed by atoms with Crippen LogP contribution in [0.3, 0.4) is 0 Å². The van der Waals surface area contributed by atoms with Crippen LogP contribution in [-0.4, -0.2) is 12.1 Å². The summed E-state index contributed by atoms with van der Waals surface area (Å²) in [6.45, 7) is 0. The van der Waals surface area contributed by atoms with E-state index in [1.807, 2.05) is 0 Å². The number of rotatable bonds is 1. The molecule has 0 aliphatic heterocycles. The highest BCUT2D eigenvalue weighted by Gasteiger charge is 2.46. The van der Waals surface area contributed by atoms with Gasteiger partial charge in [0.05, 0.1) is 4.48 Å². The van der Waals surface area contributed by atoms with E-state index >= 15 is 0 Å². The first kappa shape index (κ1) is 9.77. The minimum atomic E-state index is -3.34. The van der Waals surface area contributed by atoms with Crippen molar-refractivity contribution < 1.29 is 17.6 Å². The molecule has 1 aliphatic carbocycles. The lowest BCUT2D eigenvalue weighted by Crippen LogP contribution is -2.34. The molecule has 0 spiro atoms. The van der Waals surface area contributed by atoms with Crippen molar-refractivity contribution in [3.8, 4) is 0 Å². The number of hydrogen-bond donors (Lipinski definition) is 0. The van der Waals surface area contributed by atoms with Gasteiger partial charge in [-0.05, 0) is 22.0 Å². The van der Waals surface area contributed by atoms with Crippen LogP contribution in [0.15, 0.2) is 22.5 Å². The van der Waals surface area contributed by atoms with Crippen LogP contribution >= 0.6 is 15.9 Å². The lowest BCUT2D eigenvalue weighted by molar-refractivity contribution is -0.0218. The highest BCUT2D eigenvalue weighted by molar-refractivity contribution is 9.11. The molecule has 1 unspecified atom stereocenters. The molecular weight excluding hydrogens is 240 g/mol. The average molecular weight is 245 g/mol. The lowest BCUT2D eigenvalue weighted by Gasteiger charge is -2.24. The minimum absolute atomic E-state index is 0.253. The highest BCUT2D eigenvalue weighted by Crippen LogP contribution is 2.40. The number of allylic oxidation sites excluding steroid dienone is 4. The summed E-state index contributed by atoms with van der Waals surface area (Å²) in [7, 11) is 0. The molecule has 0 bridgehead atoms. The lowest BCUT2D eigenvalue weighted by atomic mass is 9.96. The van der Waals surface area contributed by atoms with Gasteiger partial charge in [0.25, 0.3) is 6.43 Å². The molecular formula is C7H5BrF4. The van der Waals surface area contributed by atoms with Gasteiger partial charge in [0.1, 0.15) is 0 Å². The second kappa shape index (κ2) is 3.20. The van der Waals surface area contributed by atoms with Crippen molar-refractivity contribution in [2.45, 2.75) is 18.5 Å². The quantitative estimate of drug-likeness (QED) is 0.620. The van der Waals surface area contributed by atoms with Crippen molar-refractivity contribution in [2.75, 3.05) is 0 Å². The predicted octanol–water partition coefficient (Wildman–Crippen LogP) is 3.50. The average Bonchev–Trinajstić information content (AvgIpc) is 2.00. The fraction of sp³-hybridized carbons (Fsp3) is 0.429. The van der Waals surface area contributed by atoms with Crippen molar-refractivity contribution in [3.63, 3.8) is 0 Å². The first-order valence-corrected chi connectivity index (χ1v) is 3.97. The van der Waals surface area contributed by atoms with Crippen LogP contribution in [0.5, 0.6) is 0 Å². The van der Waals surface area contributed by atoms with E-state index in [0.29, 0.717) is 0 Å². The monoisotopic (exact) mass is 244 g/mol. The van der Waals surface area contributed by atoms with Gasteiger partial charge in [-0.15, -0.1) is 0 Å². The SMILES string of the molecule is FC1=C(Br)C=CCC1(F)C(F)F. The molecule has 1 rings (SSSR count). The van der Waals surface area contributed by atoms with Crippen LogP contribution < -0.4 is 0 Å². The molecule has 0 saturated carbocycles. The Morgan fingerprint density at radius 2 is 2.08 bits per heavy atom. The Hall–Kier alpha value is -0.320. The largest absolute Gasteiger partial charge is 0.278 e. The van der Waals surface area contributed by atoms with E-state index in [1.54, 1.807) is 0 Å². The first-order valence-electron chi connectivity index (χ1n) is 3.18. The van der Waals surface area contributed by atoms with Gasteiger partial charge >= 0.3 is 0 Å². The molecule has 0 radical (unpaired) electrons. The Bertz CT molecular complexity index is 246. The summed E-state index contributed by atoms with van der Waals surface area (Å²) >= 11 is 2.64. The van der Waals surface area contributed by atoms with E-state index in [-0.39, 0.29) is 4.48 Å². The van der Waals surface area contributed by atoms with Crippen molar-refractivity contribution in [3.05, 3.63) is 22.5 Å². The first-order chi connectivity index (χ1) is 5.48. The summed E-state index contributed by atoms with van der Waals surface area (Å²) in [6.07, 6.45) is -1.57. The van der Waals surface area contributed by atoms with Gasteiger partial charge in [0, 0.05) is 6.42 Å². The van der Waals surface area contributed by atoms with Crippen LogP contribution in [0.4, 0.5) is 17.6 Å². The van der Waals surface area contributed by atoms with E-state index in [4.69, 9.17) is 0 Å². The smallest absolute Gasteiger partial charge is 0.229 e. The maximum absolute atomic E-state index is 13.1. The van der Waals surface area contributed by atoms with E-state index < -0.39 is 24.3 Å². The zero-order valence-electron chi connectivity index (χ0n) is 5.83. The molecule has 0 saturated heterocycles. The summed E-state index contributed by atoms with van der Waals surface area (Å²) < 4.78 is 49.7. The Morgan fingerprint density at radius 1 is 1.50 bits per heavy atom. The van der Waals surface area contributed by atoms with E-state index in [2.05, 4.69) is 15.9 Å². The summed E-state index contributed by atoms with van der Waals surface area (Å²) in [6, 6.07) is 0. The van der Waals surface area contributed by atoms with Gasteiger partial charge in [-0.2, -0.15) is 0 Å². The molecule has 5 heteroatoms. The number of alkyl halides is 3. The van der Waals surface area contributed by atoms with Crippen LogP contribution in [0.2, 0.25) is 0 Å². The van der Waals surface area contributed by atoms with E-state index in [0.717, 1.165) is 0 Å². The van der Waals surface area contributed by atoms with Gasteiger partial charge in [-0.1, -0.05) is 6.08 Å². The van der Waals surface area contributed by atoms with Gasteiger partial charge in [0.15, 0.2) is 5.83 Å². The summed E-state index contributed by atoms with van der Waals surface area (Å²) in [5.41, 5.74) is -3.15. The third-order valence-electron chi connectivity index (χ3n) is 1.60. The zero-order valence-corrected chi connectivity index (χ0v) is 7.41. The molecule has 1 atom stereocenters. The van der Waals surface area contributed by atoms with Crippen LogP contribution in [0.1, 0.15) is 6.42 Å². The summed E-state index contributed by atoms with van der Waals surface area (Å²) in [5.74, 6) is -1.43. The Morgan fingerprint density at radius 3 is 2.50 bits per heavy atom. The molecule has 0 fully saturated rings. The molecule has 1 aliphatic rings. The Kier molecular flexibility index (Phi) is 2.61. The number of halogens is 5. The maximum Gasteiger partial charge on any atom is 0.278 e. The van der Waals surface area contributed by atoms with Gasteiger partial charge < -0.3 is 0 Å². The van der Waals surface area contributed by atoms with Crippen LogP contribution in [0.25, 0.3) is 0 Å². The van der Waals surface area contributed by atoms with Crippen molar-refractivity contribution in [1.82, 2.24) is 0 Å². The van der Waals surface area contributed by atoms with E-state index in [9.17, 15) is 17.6 Å². The van der Waals surface area contributed by atoms with Crippen LogP contribution in [-0.2, 0) is 0 Å². The minimum Gasteiger partial charge on any atom is -0.229 e. The predicted molar refractivity (Wildman–Crippen MR) is 40.7 cm³/mol. The molecule has 0 amide bonds. The fourth-order valence-corrected chi connectivity index (χ4v) is 1.40. The van der Waals surface area contributed by atoms with Crippen molar-refractivity contribution >= 4 is 15.9 Å². The molecule has 0 N–H and O–H groups in total. The standard InChI is InChI=1S/C7H5BrF4/c8-4-2-1-3-7(12,5(4)9)6(10)11/h1-2,6H,3H2. The molecule has 0 nitrogen and oxygen atoms in total. The molecule has 68 valence electrons. The molecule has 12 heavy (non-hydrogen) atoms. The molecule has 0 aromatic carbocycles. The normalized spacial score (nSPS) is 30.2. The fourth-order valence-electron chi connectivity index (χ4n) is 0.880. The Balaban J connectivity index is 3.03. The number of hydrogen-bond acceptors (Lipinski definition) is 0. The van der Waals surface area contributed by atoms with Crippen molar-refractivity contribution in [1.29, 1.82) is 0 Å². The topological polar surface area (TPSA) is 0 Å². The zero-order chi connectivity index (χ0) is 9.35.